The minimum Gasteiger partial charge on any atom is -0.353 e. The molecule has 2 aromatic carbocycles. The van der Waals surface area contributed by atoms with Crippen LogP contribution in [0.2, 0.25) is 0 Å². The molecule has 0 saturated heterocycles. The molecule has 0 saturated carbocycles. The van der Waals surface area contributed by atoms with Crippen LogP contribution in [0.4, 0.5) is 5.69 Å². The van der Waals surface area contributed by atoms with E-state index in [0.29, 0.717) is 13.2 Å². The molecular formula is C19H24NO3P. The van der Waals surface area contributed by atoms with E-state index in [1.165, 1.54) is 5.56 Å². The Balaban J connectivity index is 2.11. The van der Waals surface area contributed by atoms with E-state index in [1.807, 2.05) is 62.4 Å². The van der Waals surface area contributed by atoms with Gasteiger partial charge in [-0.2, -0.15) is 0 Å². The van der Waals surface area contributed by atoms with Gasteiger partial charge < -0.3 is 13.9 Å². The maximum Gasteiger partial charge on any atom is 0.357 e. The van der Waals surface area contributed by atoms with Crippen LogP contribution in [0.25, 0.3) is 0 Å². The Morgan fingerprint density at radius 1 is 1.00 bits per heavy atom. The molecule has 0 spiro atoms. The molecule has 0 radical (unpaired) electrons. The molecule has 0 aromatic heterocycles. The van der Waals surface area contributed by atoms with Gasteiger partial charge in [0.1, 0.15) is 0 Å². The highest BCUT2D eigenvalue weighted by molar-refractivity contribution is 7.54. The highest BCUT2D eigenvalue weighted by Crippen LogP contribution is 2.64. The molecule has 4 nitrogen and oxygen atoms in total. The SMILES string of the molecule is CCOP(=O)(OCC)C1c2ccccc2CCN1c1ccccc1. The Kier molecular flexibility index (Phi) is 5.40. The number of para-hydroxylation sites is 1. The van der Waals surface area contributed by atoms with Gasteiger partial charge in [0.2, 0.25) is 0 Å². The lowest BCUT2D eigenvalue weighted by atomic mass is 9.99. The molecule has 3 rings (SSSR count). The van der Waals surface area contributed by atoms with E-state index in [2.05, 4.69) is 11.0 Å². The molecule has 5 heteroatoms. The van der Waals surface area contributed by atoms with Crippen molar-refractivity contribution in [1.29, 1.82) is 0 Å². The van der Waals surface area contributed by atoms with Gasteiger partial charge in [-0.05, 0) is 43.5 Å². The van der Waals surface area contributed by atoms with Crippen LogP contribution >= 0.6 is 7.60 Å². The third kappa shape index (κ3) is 3.27. The Morgan fingerprint density at radius 2 is 1.62 bits per heavy atom. The minimum atomic E-state index is -3.32. The van der Waals surface area contributed by atoms with Crippen LogP contribution in [-0.4, -0.2) is 19.8 Å². The van der Waals surface area contributed by atoms with Crippen molar-refractivity contribution < 1.29 is 13.6 Å². The summed E-state index contributed by atoms with van der Waals surface area (Å²) in [6, 6.07) is 18.2. The molecule has 1 heterocycles. The highest BCUT2D eigenvalue weighted by Gasteiger charge is 2.44. The van der Waals surface area contributed by atoms with E-state index in [0.717, 1.165) is 24.2 Å². The van der Waals surface area contributed by atoms with Crippen molar-refractivity contribution in [1.82, 2.24) is 0 Å². The fourth-order valence-corrected chi connectivity index (χ4v) is 5.57. The number of hydrogen-bond acceptors (Lipinski definition) is 4. The lowest BCUT2D eigenvalue weighted by Gasteiger charge is -2.41. The molecular weight excluding hydrogens is 321 g/mol. The van der Waals surface area contributed by atoms with Gasteiger partial charge in [0.15, 0.2) is 5.78 Å². The average molecular weight is 345 g/mol. The van der Waals surface area contributed by atoms with Gasteiger partial charge in [-0.15, -0.1) is 0 Å². The van der Waals surface area contributed by atoms with Crippen LogP contribution in [-0.2, 0) is 20.0 Å². The predicted molar refractivity (Wildman–Crippen MR) is 97.5 cm³/mol. The number of rotatable bonds is 6. The number of nitrogens with zero attached hydrogens (tertiary/aromatic N) is 1. The monoisotopic (exact) mass is 345 g/mol. The van der Waals surface area contributed by atoms with E-state index >= 15 is 0 Å². The standard InChI is InChI=1S/C19H24NO3P/c1-3-22-24(21,23-4-2)19-18-13-9-8-10-16(18)14-15-20(19)17-11-6-5-7-12-17/h5-13,19H,3-4,14-15H2,1-2H3. The molecule has 0 amide bonds. The first-order valence-electron chi connectivity index (χ1n) is 8.48. The van der Waals surface area contributed by atoms with Crippen LogP contribution in [0.5, 0.6) is 0 Å². The summed E-state index contributed by atoms with van der Waals surface area (Å²) in [5.74, 6) is -0.412. The molecule has 0 bridgehead atoms. The van der Waals surface area contributed by atoms with Gasteiger partial charge in [-0.3, -0.25) is 4.57 Å². The molecule has 0 fully saturated rings. The second-order valence-electron chi connectivity index (χ2n) is 5.73. The number of fused-ring (bicyclic) bond motifs is 1. The second kappa shape index (κ2) is 7.52. The lowest BCUT2D eigenvalue weighted by Crippen LogP contribution is -2.36. The van der Waals surface area contributed by atoms with Crippen LogP contribution in [0.15, 0.2) is 54.6 Å². The minimum absolute atomic E-state index is 0.360. The van der Waals surface area contributed by atoms with E-state index in [1.54, 1.807) is 0 Å². The van der Waals surface area contributed by atoms with Crippen molar-refractivity contribution in [2.75, 3.05) is 24.7 Å². The van der Waals surface area contributed by atoms with Crippen molar-refractivity contribution >= 4 is 13.3 Å². The summed E-state index contributed by atoms with van der Waals surface area (Å²) in [6.07, 6.45) is 0.916. The summed E-state index contributed by atoms with van der Waals surface area (Å²) in [6.45, 7) is 5.22. The van der Waals surface area contributed by atoms with Gasteiger partial charge in [0, 0.05) is 12.2 Å². The fraction of sp³-hybridized carbons (Fsp3) is 0.368. The van der Waals surface area contributed by atoms with Crippen LogP contribution in [0.3, 0.4) is 0 Å². The van der Waals surface area contributed by atoms with Crippen molar-refractivity contribution in [2.45, 2.75) is 26.1 Å². The topological polar surface area (TPSA) is 38.8 Å². The fourth-order valence-electron chi connectivity index (χ4n) is 3.31. The first-order valence-corrected chi connectivity index (χ1v) is 10.1. The number of hydrogen-bond donors (Lipinski definition) is 0. The van der Waals surface area contributed by atoms with Crippen molar-refractivity contribution in [3.8, 4) is 0 Å². The lowest BCUT2D eigenvalue weighted by molar-refractivity contribution is 0.210. The summed E-state index contributed by atoms with van der Waals surface area (Å²) in [5.41, 5.74) is 3.30. The molecule has 24 heavy (non-hydrogen) atoms. The van der Waals surface area contributed by atoms with E-state index < -0.39 is 13.4 Å². The molecule has 0 N–H and O–H groups in total. The highest BCUT2D eigenvalue weighted by atomic mass is 31.2. The quantitative estimate of drug-likeness (QED) is 0.690. The zero-order valence-corrected chi connectivity index (χ0v) is 15.1. The molecule has 1 unspecified atom stereocenters. The molecule has 1 atom stereocenters. The van der Waals surface area contributed by atoms with Crippen molar-refractivity contribution in [3.05, 3.63) is 65.7 Å². The molecule has 128 valence electrons. The number of benzene rings is 2. The van der Waals surface area contributed by atoms with Crippen molar-refractivity contribution in [2.24, 2.45) is 0 Å². The summed E-state index contributed by atoms with van der Waals surface area (Å²) in [5, 5.41) is 0. The molecule has 1 aliphatic heterocycles. The first kappa shape index (κ1) is 17.2. The Labute approximate surface area is 143 Å². The summed E-state index contributed by atoms with van der Waals surface area (Å²) < 4.78 is 25.0. The Hall–Kier alpha value is -1.61. The largest absolute Gasteiger partial charge is 0.357 e. The van der Waals surface area contributed by atoms with Crippen LogP contribution in [0, 0.1) is 0 Å². The van der Waals surface area contributed by atoms with Gasteiger partial charge in [0.05, 0.1) is 13.2 Å². The molecule has 1 aliphatic rings. The van der Waals surface area contributed by atoms with E-state index in [-0.39, 0.29) is 0 Å². The zero-order valence-electron chi connectivity index (χ0n) is 14.2. The summed E-state index contributed by atoms with van der Waals surface area (Å²) in [7, 11) is -3.32. The van der Waals surface area contributed by atoms with Crippen molar-refractivity contribution in [3.63, 3.8) is 0 Å². The predicted octanol–water partition coefficient (Wildman–Crippen LogP) is 5.01. The van der Waals surface area contributed by atoms with Gasteiger partial charge in [-0.1, -0.05) is 42.5 Å². The maximum atomic E-state index is 13.6. The normalized spacial score (nSPS) is 17.6. The summed E-state index contributed by atoms with van der Waals surface area (Å²) in [4.78, 5) is 2.16. The van der Waals surface area contributed by atoms with E-state index in [9.17, 15) is 4.57 Å². The van der Waals surface area contributed by atoms with Gasteiger partial charge >= 0.3 is 7.60 Å². The Morgan fingerprint density at radius 3 is 2.29 bits per heavy atom. The molecule has 0 aliphatic carbocycles. The average Bonchev–Trinajstić information content (AvgIpc) is 2.62. The maximum absolute atomic E-state index is 13.6. The van der Waals surface area contributed by atoms with Gasteiger partial charge in [0.25, 0.3) is 0 Å². The third-order valence-corrected chi connectivity index (χ3v) is 6.65. The Bertz CT molecular complexity index is 710. The van der Waals surface area contributed by atoms with E-state index in [4.69, 9.17) is 9.05 Å². The summed E-state index contributed by atoms with van der Waals surface area (Å²) >= 11 is 0. The first-order chi connectivity index (χ1) is 11.7. The van der Waals surface area contributed by atoms with Crippen LogP contribution in [0.1, 0.15) is 30.8 Å². The van der Waals surface area contributed by atoms with Crippen LogP contribution < -0.4 is 4.90 Å². The number of anilines is 1. The molecule has 2 aromatic rings. The second-order valence-corrected chi connectivity index (χ2v) is 7.81. The zero-order chi connectivity index (χ0) is 17.0. The third-order valence-electron chi connectivity index (χ3n) is 4.26. The smallest absolute Gasteiger partial charge is 0.353 e. The van der Waals surface area contributed by atoms with Gasteiger partial charge in [-0.25, -0.2) is 0 Å².